The number of nitrogens with zero attached hydrogens (tertiary/aromatic N) is 2. The molecule has 0 aliphatic rings. The summed E-state index contributed by atoms with van der Waals surface area (Å²) in [5, 5.41) is 5.85. The molecule has 0 unspecified atom stereocenters. The van der Waals surface area contributed by atoms with Crippen LogP contribution in [0.4, 0.5) is 11.5 Å². The van der Waals surface area contributed by atoms with Gasteiger partial charge in [0.15, 0.2) is 0 Å². The predicted octanol–water partition coefficient (Wildman–Crippen LogP) is 3.23. The molecule has 6 heteroatoms. The number of rotatable bonds is 4. The molecule has 0 saturated heterocycles. The first-order valence-corrected chi connectivity index (χ1v) is 7.04. The predicted molar refractivity (Wildman–Crippen MR) is 83.0 cm³/mol. The van der Waals surface area contributed by atoms with Gasteiger partial charge in [0.25, 0.3) is 5.91 Å². The zero-order valence-corrected chi connectivity index (χ0v) is 12.9. The molecule has 0 aliphatic heterocycles. The summed E-state index contributed by atoms with van der Waals surface area (Å²) in [6.07, 6.45) is 1.64. The minimum atomic E-state index is -0.276. The van der Waals surface area contributed by atoms with Crippen molar-refractivity contribution >= 4 is 33.3 Å². The van der Waals surface area contributed by atoms with Gasteiger partial charge in [0, 0.05) is 11.0 Å². The summed E-state index contributed by atoms with van der Waals surface area (Å²) in [5.74, 6) is 0.232. The molecule has 0 spiro atoms. The van der Waals surface area contributed by atoms with E-state index < -0.39 is 0 Å². The van der Waals surface area contributed by atoms with Crippen molar-refractivity contribution in [2.45, 2.75) is 13.8 Å². The molecule has 20 heavy (non-hydrogen) atoms. The van der Waals surface area contributed by atoms with Gasteiger partial charge in [-0.25, -0.2) is 9.97 Å². The molecule has 2 aromatic heterocycles. The molecule has 0 aromatic carbocycles. The van der Waals surface area contributed by atoms with Gasteiger partial charge in [0.2, 0.25) is 0 Å². The highest BCUT2D eigenvalue weighted by Gasteiger charge is 2.09. The van der Waals surface area contributed by atoms with Crippen molar-refractivity contribution in [2.75, 3.05) is 17.2 Å². The third-order valence-corrected chi connectivity index (χ3v) is 3.48. The van der Waals surface area contributed by atoms with Crippen molar-refractivity contribution in [2.24, 2.45) is 0 Å². The van der Waals surface area contributed by atoms with Crippen molar-refractivity contribution in [3.05, 3.63) is 46.3 Å². The van der Waals surface area contributed by atoms with Crippen molar-refractivity contribution < 1.29 is 4.79 Å². The van der Waals surface area contributed by atoms with Crippen molar-refractivity contribution in [1.29, 1.82) is 0 Å². The molecule has 104 valence electrons. The Bertz CT molecular complexity index is 613. The Morgan fingerprint density at radius 2 is 2.10 bits per heavy atom. The van der Waals surface area contributed by atoms with Gasteiger partial charge in [-0.1, -0.05) is 0 Å². The van der Waals surface area contributed by atoms with Crippen LogP contribution in [0.3, 0.4) is 0 Å². The quantitative estimate of drug-likeness (QED) is 0.900. The Morgan fingerprint density at radius 1 is 1.30 bits per heavy atom. The SMILES string of the molecule is CCNc1ccc(C(=O)Nc2ccc(Br)c(C)n2)nc1. The fourth-order valence-electron chi connectivity index (χ4n) is 1.63. The molecular weight excluding hydrogens is 320 g/mol. The molecule has 0 saturated carbocycles. The van der Waals surface area contributed by atoms with E-state index in [0.717, 1.165) is 22.4 Å². The highest BCUT2D eigenvalue weighted by molar-refractivity contribution is 9.10. The molecule has 2 heterocycles. The normalized spacial score (nSPS) is 10.2. The lowest BCUT2D eigenvalue weighted by Gasteiger charge is -2.07. The van der Waals surface area contributed by atoms with Gasteiger partial charge >= 0.3 is 0 Å². The van der Waals surface area contributed by atoms with Crippen LogP contribution in [-0.2, 0) is 0 Å². The Labute approximate surface area is 126 Å². The topological polar surface area (TPSA) is 66.9 Å². The second kappa shape index (κ2) is 6.47. The highest BCUT2D eigenvalue weighted by atomic mass is 79.9. The summed E-state index contributed by atoms with van der Waals surface area (Å²) in [4.78, 5) is 20.4. The Morgan fingerprint density at radius 3 is 2.70 bits per heavy atom. The largest absolute Gasteiger partial charge is 0.384 e. The van der Waals surface area contributed by atoms with Gasteiger partial charge < -0.3 is 10.6 Å². The van der Waals surface area contributed by atoms with E-state index in [2.05, 4.69) is 36.5 Å². The van der Waals surface area contributed by atoms with Gasteiger partial charge in [0.1, 0.15) is 11.5 Å². The average molecular weight is 335 g/mol. The standard InChI is InChI=1S/C14H15BrN4O/c1-3-16-10-4-6-12(17-8-10)14(20)19-13-7-5-11(15)9(2)18-13/h4-8,16H,3H2,1-2H3,(H,18,19,20). The monoisotopic (exact) mass is 334 g/mol. The number of halogens is 1. The second-order valence-electron chi connectivity index (χ2n) is 4.18. The lowest BCUT2D eigenvalue weighted by Crippen LogP contribution is -2.15. The fraction of sp³-hybridized carbons (Fsp3) is 0.214. The van der Waals surface area contributed by atoms with Crippen molar-refractivity contribution in [3.63, 3.8) is 0 Å². The van der Waals surface area contributed by atoms with Crippen LogP contribution in [0.15, 0.2) is 34.9 Å². The Balaban J connectivity index is 2.09. The van der Waals surface area contributed by atoms with Crippen LogP contribution in [0.25, 0.3) is 0 Å². The Kier molecular flexibility index (Phi) is 4.68. The van der Waals surface area contributed by atoms with Crippen LogP contribution >= 0.6 is 15.9 Å². The first-order chi connectivity index (χ1) is 9.60. The maximum Gasteiger partial charge on any atom is 0.275 e. The summed E-state index contributed by atoms with van der Waals surface area (Å²) in [6.45, 7) is 4.68. The number of anilines is 2. The molecule has 5 nitrogen and oxygen atoms in total. The van der Waals surface area contributed by atoms with Crippen molar-refractivity contribution in [1.82, 2.24) is 9.97 Å². The van der Waals surface area contributed by atoms with Crippen LogP contribution in [0.1, 0.15) is 23.1 Å². The van der Waals surface area contributed by atoms with Crippen LogP contribution in [0, 0.1) is 6.92 Å². The molecule has 2 N–H and O–H groups in total. The third kappa shape index (κ3) is 3.54. The highest BCUT2D eigenvalue weighted by Crippen LogP contribution is 2.16. The number of nitrogens with one attached hydrogen (secondary N) is 2. The number of amides is 1. The fourth-order valence-corrected chi connectivity index (χ4v) is 1.85. The summed E-state index contributed by atoms with van der Waals surface area (Å²) < 4.78 is 0.906. The molecule has 2 aromatic rings. The Hall–Kier alpha value is -1.95. The van der Waals surface area contributed by atoms with Crippen LogP contribution in [0.5, 0.6) is 0 Å². The van der Waals surface area contributed by atoms with Crippen LogP contribution in [0.2, 0.25) is 0 Å². The van der Waals surface area contributed by atoms with E-state index in [-0.39, 0.29) is 5.91 Å². The minimum Gasteiger partial charge on any atom is -0.384 e. The van der Waals surface area contributed by atoms with E-state index in [0.29, 0.717) is 11.5 Å². The lowest BCUT2D eigenvalue weighted by molar-refractivity contribution is 0.102. The van der Waals surface area contributed by atoms with E-state index in [1.54, 1.807) is 18.3 Å². The summed E-state index contributed by atoms with van der Waals surface area (Å²) in [5.41, 5.74) is 2.06. The number of hydrogen-bond donors (Lipinski definition) is 2. The van der Waals surface area contributed by atoms with Gasteiger partial charge in [-0.3, -0.25) is 4.79 Å². The molecule has 0 fully saturated rings. The number of aromatic nitrogens is 2. The average Bonchev–Trinajstić information content (AvgIpc) is 2.44. The second-order valence-corrected chi connectivity index (χ2v) is 5.03. The van der Waals surface area contributed by atoms with Gasteiger partial charge in [-0.15, -0.1) is 0 Å². The van der Waals surface area contributed by atoms with Crippen molar-refractivity contribution in [3.8, 4) is 0 Å². The zero-order valence-electron chi connectivity index (χ0n) is 11.3. The van der Waals surface area contributed by atoms with E-state index in [9.17, 15) is 4.79 Å². The van der Waals surface area contributed by atoms with E-state index >= 15 is 0 Å². The van der Waals surface area contributed by atoms with E-state index in [1.165, 1.54) is 0 Å². The van der Waals surface area contributed by atoms with Gasteiger partial charge in [0.05, 0.1) is 17.6 Å². The van der Waals surface area contributed by atoms with Gasteiger partial charge in [-0.2, -0.15) is 0 Å². The number of aryl methyl sites for hydroxylation is 1. The molecule has 0 bridgehead atoms. The molecule has 1 amide bonds. The van der Waals surface area contributed by atoms with E-state index in [1.807, 2.05) is 26.0 Å². The number of pyridine rings is 2. The summed E-state index contributed by atoms with van der Waals surface area (Å²) in [6, 6.07) is 7.09. The number of hydrogen-bond acceptors (Lipinski definition) is 4. The van der Waals surface area contributed by atoms with E-state index in [4.69, 9.17) is 0 Å². The first-order valence-electron chi connectivity index (χ1n) is 6.24. The zero-order chi connectivity index (χ0) is 14.5. The maximum atomic E-state index is 12.0. The lowest BCUT2D eigenvalue weighted by atomic mass is 10.3. The first kappa shape index (κ1) is 14.5. The molecule has 0 atom stereocenters. The maximum absolute atomic E-state index is 12.0. The molecule has 2 rings (SSSR count). The van der Waals surface area contributed by atoms with Crippen LogP contribution < -0.4 is 10.6 Å². The summed E-state index contributed by atoms with van der Waals surface area (Å²) in [7, 11) is 0. The number of carbonyl (C=O) groups is 1. The smallest absolute Gasteiger partial charge is 0.275 e. The molecular formula is C14H15BrN4O. The molecule has 0 aliphatic carbocycles. The molecule has 0 radical (unpaired) electrons. The minimum absolute atomic E-state index is 0.276. The van der Waals surface area contributed by atoms with Crippen LogP contribution in [-0.4, -0.2) is 22.4 Å². The van der Waals surface area contributed by atoms with Gasteiger partial charge in [-0.05, 0) is 54.0 Å². The summed E-state index contributed by atoms with van der Waals surface area (Å²) >= 11 is 3.37. The third-order valence-electron chi connectivity index (χ3n) is 2.64. The number of carbonyl (C=O) groups excluding carboxylic acids is 1.